The fourth-order valence-electron chi connectivity index (χ4n) is 1.24. The molecule has 1 atom stereocenters. The lowest BCUT2D eigenvalue weighted by molar-refractivity contribution is -0.114. The number of hydrogen-bond donors (Lipinski definition) is 1. The first kappa shape index (κ1) is 13.9. The van der Waals surface area contributed by atoms with Crippen molar-refractivity contribution in [3.63, 3.8) is 0 Å². The van der Waals surface area contributed by atoms with Gasteiger partial charge in [0, 0.05) is 12.6 Å². The van der Waals surface area contributed by atoms with Gasteiger partial charge < -0.3 is 10.1 Å². The van der Waals surface area contributed by atoms with Gasteiger partial charge in [-0.15, -0.1) is 0 Å². The predicted octanol–water partition coefficient (Wildman–Crippen LogP) is 2.52. The second-order valence-corrected chi connectivity index (χ2v) is 3.72. The third-order valence-electron chi connectivity index (χ3n) is 2.13. The number of amides is 1. The highest BCUT2D eigenvalue weighted by atomic mass is 19.1. The average Bonchev–Trinajstić information content (AvgIpc) is 2.30. The van der Waals surface area contributed by atoms with Crippen LogP contribution in [0.25, 0.3) is 0 Å². The summed E-state index contributed by atoms with van der Waals surface area (Å²) in [6.07, 6.45) is 0.911. The first-order chi connectivity index (χ1) is 8.43. The van der Waals surface area contributed by atoms with Crippen LogP contribution in [0.3, 0.4) is 0 Å². The van der Waals surface area contributed by atoms with E-state index in [0.29, 0.717) is 5.69 Å². The van der Waals surface area contributed by atoms with E-state index in [4.69, 9.17) is 4.74 Å². The van der Waals surface area contributed by atoms with Crippen molar-refractivity contribution in [2.75, 3.05) is 5.32 Å². The van der Waals surface area contributed by atoms with Crippen molar-refractivity contribution in [1.29, 1.82) is 0 Å². The van der Waals surface area contributed by atoms with Crippen LogP contribution in [-0.4, -0.2) is 18.0 Å². The highest BCUT2D eigenvalue weighted by Crippen LogP contribution is 2.16. The summed E-state index contributed by atoms with van der Waals surface area (Å²) in [5.41, 5.74) is 0.108. The Morgan fingerprint density at radius 3 is 2.72 bits per heavy atom. The second kappa shape index (κ2) is 5.95. The molecular formula is C13H14FNO3. The molecule has 4 nitrogen and oxygen atoms in total. The van der Waals surface area contributed by atoms with Gasteiger partial charge in [0.2, 0.25) is 5.91 Å². The zero-order valence-corrected chi connectivity index (χ0v) is 10.2. The summed E-state index contributed by atoms with van der Waals surface area (Å²) in [7, 11) is 0. The quantitative estimate of drug-likeness (QED) is 0.660. The smallest absolute Gasteiger partial charge is 0.341 e. The van der Waals surface area contributed by atoms with Crippen LogP contribution in [0.2, 0.25) is 0 Å². The van der Waals surface area contributed by atoms with Gasteiger partial charge in [-0.2, -0.15) is 0 Å². The molecule has 5 heteroatoms. The van der Waals surface area contributed by atoms with Crippen molar-refractivity contribution >= 4 is 17.6 Å². The maximum Gasteiger partial charge on any atom is 0.341 e. The van der Waals surface area contributed by atoms with Gasteiger partial charge in [-0.25, -0.2) is 9.18 Å². The number of hydrogen-bond acceptors (Lipinski definition) is 3. The molecule has 0 radical (unpaired) electrons. The Kier molecular flexibility index (Phi) is 4.59. The van der Waals surface area contributed by atoms with E-state index in [1.54, 1.807) is 6.92 Å². The van der Waals surface area contributed by atoms with E-state index in [1.165, 1.54) is 25.1 Å². The Labute approximate surface area is 104 Å². The zero-order valence-electron chi connectivity index (χ0n) is 10.2. The van der Waals surface area contributed by atoms with Crippen LogP contribution in [0.15, 0.2) is 30.9 Å². The number of esters is 1. The molecule has 1 aromatic rings. The van der Waals surface area contributed by atoms with Gasteiger partial charge in [-0.1, -0.05) is 12.7 Å². The third kappa shape index (κ3) is 3.69. The molecule has 0 aliphatic rings. The molecule has 0 aliphatic heterocycles. The molecular weight excluding hydrogens is 237 g/mol. The number of carbonyl (C=O) groups is 2. The Morgan fingerprint density at radius 2 is 2.17 bits per heavy atom. The number of benzene rings is 1. The third-order valence-corrected chi connectivity index (χ3v) is 2.13. The van der Waals surface area contributed by atoms with E-state index in [2.05, 4.69) is 11.9 Å². The normalized spacial score (nSPS) is 11.5. The van der Waals surface area contributed by atoms with Crippen molar-refractivity contribution in [3.05, 3.63) is 42.2 Å². The minimum atomic E-state index is -0.799. The predicted molar refractivity (Wildman–Crippen MR) is 65.8 cm³/mol. The average molecular weight is 251 g/mol. The van der Waals surface area contributed by atoms with Crippen LogP contribution in [-0.2, 0) is 9.53 Å². The summed E-state index contributed by atoms with van der Waals surface area (Å²) in [5.74, 6) is -1.81. The van der Waals surface area contributed by atoms with Gasteiger partial charge in [0.15, 0.2) is 0 Å². The number of rotatable bonds is 4. The first-order valence-corrected chi connectivity index (χ1v) is 5.34. The largest absolute Gasteiger partial charge is 0.455 e. The first-order valence-electron chi connectivity index (χ1n) is 5.34. The van der Waals surface area contributed by atoms with Crippen molar-refractivity contribution in [2.45, 2.75) is 20.0 Å². The van der Waals surface area contributed by atoms with Crippen molar-refractivity contribution < 1.29 is 18.7 Å². The monoisotopic (exact) mass is 251 g/mol. The number of halogens is 1. The van der Waals surface area contributed by atoms with Gasteiger partial charge in [0.25, 0.3) is 0 Å². The molecule has 0 unspecified atom stereocenters. The molecule has 1 aromatic carbocycles. The van der Waals surface area contributed by atoms with E-state index in [0.717, 1.165) is 6.07 Å². The van der Waals surface area contributed by atoms with Gasteiger partial charge in [-0.05, 0) is 25.1 Å². The Morgan fingerprint density at radius 1 is 1.50 bits per heavy atom. The van der Waals surface area contributed by atoms with E-state index < -0.39 is 17.9 Å². The summed E-state index contributed by atoms with van der Waals surface area (Å²) in [4.78, 5) is 22.5. The maximum atomic E-state index is 13.5. The fraction of sp³-hybridized carbons (Fsp3) is 0.231. The molecule has 0 saturated carbocycles. The van der Waals surface area contributed by atoms with Crippen LogP contribution in [0, 0.1) is 5.82 Å². The zero-order chi connectivity index (χ0) is 13.7. The minimum Gasteiger partial charge on any atom is -0.455 e. The molecule has 0 heterocycles. The van der Waals surface area contributed by atoms with Crippen molar-refractivity contribution in [1.82, 2.24) is 0 Å². The Hall–Kier alpha value is -2.17. The Balaban J connectivity index is 2.96. The van der Waals surface area contributed by atoms with Crippen LogP contribution < -0.4 is 5.32 Å². The van der Waals surface area contributed by atoms with E-state index in [9.17, 15) is 14.0 Å². The number of nitrogens with one attached hydrogen (secondary N) is 1. The lowest BCUT2D eigenvalue weighted by atomic mass is 10.2. The molecule has 0 bridgehead atoms. The van der Waals surface area contributed by atoms with Gasteiger partial charge in [0.05, 0.1) is 5.56 Å². The topological polar surface area (TPSA) is 55.4 Å². The molecule has 18 heavy (non-hydrogen) atoms. The maximum absolute atomic E-state index is 13.5. The fourth-order valence-corrected chi connectivity index (χ4v) is 1.24. The standard InChI is InChI=1S/C13H14FNO3/c1-4-8(2)18-13(17)11-7-10(15-9(3)16)5-6-12(11)14/h4-8H,1H2,2-3H3,(H,15,16)/t8-/m1/s1. The lowest BCUT2D eigenvalue weighted by Gasteiger charge is -2.10. The molecule has 0 aromatic heterocycles. The number of anilines is 1. The van der Waals surface area contributed by atoms with Gasteiger partial charge in [0.1, 0.15) is 11.9 Å². The Bertz CT molecular complexity index is 485. The molecule has 1 N–H and O–H groups in total. The van der Waals surface area contributed by atoms with Crippen LogP contribution in [0.4, 0.5) is 10.1 Å². The van der Waals surface area contributed by atoms with E-state index >= 15 is 0 Å². The summed E-state index contributed by atoms with van der Waals surface area (Å²) in [6.45, 7) is 6.39. The molecule has 0 aliphatic carbocycles. The highest BCUT2D eigenvalue weighted by molar-refractivity contribution is 5.94. The number of ether oxygens (including phenoxy) is 1. The summed E-state index contributed by atoms with van der Waals surface area (Å²) >= 11 is 0. The highest BCUT2D eigenvalue weighted by Gasteiger charge is 2.16. The second-order valence-electron chi connectivity index (χ2n) is 3.72. The van der Waals surface area contributed by atoms with Crippen molar-refractivity contribution in [2.24, 2.45) is 0 Å². The summed E-state index contributed by atoms with van der Waals surface area (Å²) in [5, 5.41) is 2.46. The van der Waals surface area contributed by atoms with Gasteiger partial charge >= 0.3 is 5.97 Å². The van der Waals surface area contributed by atoms with E-state index in [1.807, 2.05) is 0 Å². The van der Waals surface area contributed by atoms with Crippen LogP contribution in [0.5, 0.6) is 0 Å². The lowest BCUT2D eigenvalue weighted by Crippen LogP contribution is -2.15. The van der Waals surface area contributed by atoms with Crippen LogP contribution >= 0.6 is 0 Å². The minimum absolute atomic E-state index is 0.227. The van der Waals surface area contributed by atoms with Gasteiger partial charge in [-0.3, -0.25) is 4.79 Å². The molecule has 96 valence electrons. The SMILES string of the molecule is C=C[C@@H](C)OC(=O)c1cc(NC(C)=O)ccc1F. The summed E-state index contributed by atoms with van der Waals surface area (Å²) in [6, 6.07) is 3.69. The molecule has 1 rings (SSSR count). The van der Waals surface area contributed by atoms with Crippen molar-refractivity contribution in [3.8, 4) is 0 Å². The molecule has 1 amide bonds. The molecule has 0 fully saturated rings. The van der Waals surface area contributed by atoms with E-state index in [-0.39, 0.29) is 11.5 Å². The number of carbonyl (C=O) groups excluding carboxylic acids is 2. The van der Waals surface area contributed by atoms with Crippen LogP contribution in [0.1, 0.15) is 24.2 Å². The molecule has 0 saturated heterocycles. The molecule has 0 spiro atoms. The summed E-state index contributed by atoms with van der Waals surface area (Å²) < 4.78 is 18.4.